The van der Waals surface area contributed by atoms with Gasteiger partial charge >= 0.3 is 20.4 Å². The van der Waals surface area contributed by atoms with Crippen LogP contribution < -0.4 is 0 Å². The van der Waals surface area contributed by atoms with E-state index in [9.17, 15) is 0 Å². The van der Waals surface area contributed by atoms with Gasteiger partial charge in [0, 0.05) is 23.8 Å². The Balaban J connectivity index is 0.00000231. The fraction of sp³-hybridized carbons (Fsp3) is 0. The van der Waals surface area contributed by atoms with E-state index in [1.165, 1.54) is 10.8 Å². The number of benzene rings is 3. The summed E-state index contributed by atoms with van der Waals surface area (Å²) < 4.78 is 0. The predicted molar refractivity (Wildman–Crippen MR) is 122 cm³/mol. The first kappa shape index (κ1) is 20.9. The topological polar surface area (TPSA) is 25.8 Å². The molecule has 2 heterocycles. The number of hydrogen-bond donors (Lipinski definition) is 0. The Morgan fingerprint density at radius 1 is 0.677 bits per heavy atom. The molecule has 0 unspecified atom stereocenters. The quantitative estimate of drug-likeness (QED) is 0.161. The molecule has 0 radical (unpaired) electrons. The Hall–Kier alpha value is -3.38. The third kappa shape index (κ3) is 4.54. The minimum absolute atomic E-state index is 0. The van der Waals surface area contributed by atoms with Gasteiger partial charge in [-0.05, 0) is 23.6 Å². The molecule has 5 aromatic rings. The number of rotatable bonds is 4. The summed E-state index contributed by atoms with van der Waals surface area (Å²) in [7, 11) is 0. The van der Waals surface area contributed by atoms with E-state index in [0.29, 0.717) is 0 Å². The standard InChI is InChI=1S/C28H18N2.Pd/c1-2-11-25-22(9-1)16-17-23(28(25)27-13-4-6-19-30-27)15-14-21-8-7-10-24(20-21)26-12-3-5-18-29-26;/h1-14,16-19H;/q-2;+2. The molecule has 0 aliphatic carbocycles. The van der Waals surface area contributed by atoms with Gasteiger partial charge in [0.05, 0.1) is 0 Å². The summed E-state index contributed by atoms with van der Waals surface area (Å²) in [5.41, 5.74) is 5.87. The molecule has 150 valence electrons. The van der Waals surface area contributed by atoms with Crippen LogP contribution in [0.1, 0.15) is 11.1 Å². The van der Waals surface area contributed by atoms with Crippen LogP contribution in [0.25, 0.3) is 39.4 Å². The van der Waals surface area contributed by atoms with Gasteiger partial charge in [0.15, 0.2) is 0 Å². The van der Waals surface area contributed by atoms with Crippen molar-refractivity contribution >= 4 is 16.8 Å². The molecule has 5 rings (SSSR count). The van der Waals surface area contributed by atoms with Gasteiger partial charge in [-0.15, -0.1) is 29.3 Å². The Bertz CT molecular complexity index is 1330. The zero-order valence-corrected chi connectivity index (χ0v) is 18.2. The summed E-state index contributed by atoms with van der Waals surface area (Å²) in [6, 6.07) is 34.0. The van der Waals surface area contributed by atoms with Crippen molar-refractivity contribution in [3.05, 3.63) is 127 Å². The van der Waals surface area contributed by atoms with Gasteiger partial charge in [0.2, 0.25) is 0 Å². The van der Waals surface area contributed by atoms with Crippen LogP contribution >= 0.6 is 0 Å². The molecule has 3 aromatic carbocycles. The van der Waals surface area contributed by atoms with Crippen LogP contribution in [-0.4, -0.2) is 9.97 Å². The summed E-state index contributed by atoms with van der Waals surface area (Å²) in [6.45, 7) is 0. The van der Waals surface area contributed by atoms with Crippen molar-refractivity contribution in [3.8, 4) is 22.5 Å². The molecule has 2 aromatic heterocycles. The van der Waals surface area contributed by atoms with Crippen LogP contribution in [0.2, 0.25) is 0 Å². The van der Waals surface area contributed by atoms with E-state index in [1.807, 2.05) is 66.9 Å². The molecule has 31 heavy (non-hydrogen) atoms. The monoisotopic (exact) mass is 488 g/mol. The van der Waals surface area contributed by atoms with E-state index in [1.54, 1.807) is 6.20 Å². The average Bonchev–Trinajstić information content (AvgIpc) is 2.83. The summed E-state index contributed by atoms with van der Waals surface area (Å²) >= 11 is 0. The molecule has 0 bridgehead atoms. The SMILES string of the molecule is [C-](=Cc1[c-]c(-c2ccccn2)ccc1)c1ccc2ccccc2c1-c1ccccn1.[Pd+2]. The normalized spacial score (nSPS) is 10.8. The Labute approximate surface area is 196 Å². The molecule has 0 aliphatic heterocycles. The van der Waals surface area contributed by atoms with Gasteiger partial charge < -0.3 is 0 Å². The van der Waals surface area contributed by atoms with Crippen LogP contribution in [0, 0.1) is 12.1 Å². The van der Waals surface area contributed by atoms with Crippen LogP contribution in [0.5, 0.6) is 0 Å². The summed E-state index contributed by atoms with van der Waals surface area (Å²) in [6.07, 6.45) is 9.08. The summed E-state index contributed by atoms with van der Waals surface area (Å²) in [5.74, 6) is 0. The molecule has 0 aliphatic rings. The molecular weight excluding hydrogens is 471 g/mol. The van der Waals surface area contributed by atoms with Crippen LogP contribution in [0.15, 0.2) is 103 Å². The molecule has 0 amide bonds. The number of nitrogens with zero attached hydrogens (tertiary/aromatic N) is 2. The van der Waals surface area contributed by atoms with Crippen molar-refractivity contribution in [1.82, 2.24) is 9.97 Å². The smallest absolute Gasteiger partial charge is 0.295 e. The van der Waals surface area contributed by atoms with E-state index < -0.39 is 0 Å². The zero-order chi connectivity index (χ0) is 20.2. The first-order chi connectivity index (χ1) is 14.9. The van der Waals surface area contributed by atoms with Crippen molar-refractivity contribution in [3.63, 3.8) is 0 Å². The summed E-state index contributed by atoms with van der Waals surface area (Å²) in [4.78, 5) is 9.02. The van der Waals surface area contributed by atoms with Crippen molar-refractivity contribution in [1.29, 1.82) is 0 Å². The maximum absolute atomic E-state index is 4.60. The Morgan fingerprint density at radius 2 is 1.42 bits per heavy atom. The van der Waals surface area contributed by atoms with Gasteiger partial charge in [-0.3, -0.25) is 9.97 Å². The third-order valence-electron chi connectivity index (χ3n) is 4.99. The second-order valence-electron chi connectivity index (χ2n) is 6.95. The first-order valence-corrected chi connectivity index (χ1v) is 9.85. The first-order valence-electron chi connectivity index (χ1n) is 9.85. The Kier molecular flexibility index (Phi) is 6.48. The molecule has 0 atom stereocenters. The van der Waals surface area contributed by atoms with Gasteiger partial charge in [-0.2, -0.15) is 23.8 Å². The maximum atomic E-state index is 4.60. The van der Waals surface area contributed by atoms with E-state index >= 15 is 0 Å². The molecular formula is C28H18N2Pd. The van der Waals surface area contributed by atoms with Crippen molar-refractivity contribution in [2.45, 2.75) is 0 Å². The molecule has 0 saturated carbocycles. The molecule has 2 nitrogen and oxygen atoms in total. The second-order valence-corrected chi connectivity index (χ2v) is 6.95. The van der Waals surface area contributed by atoms with Crippen LogP contribution in [0.4, 0.5) is 0 Å². The van der Waals surface area contributed by atoms with Crippen LogP contribution in [0.3, 0.4) is 0 Å². The van der Waals surface area contributed by atoms with Gasteiger partial charge in [-0.25, -0.2) is 6.08 Å². The van der Waals surface area contributed by atoms with E-state index in [0.717, 1.165) is 33.6 Å². The predicted octanol–water partition coefficient (Wildman–Crippen LogP) is 6.63. The molecule has 0 saturated heterocycles. The van der Waals surface area contributed by atoms with E-state index in [2.05, 4.69) is 58.5 Å². The van der Waals surface area contributed by atoms with Crippen molar-refractivity contribution in [2.24, 2.45) is 0 Å². The Morgan fingerprint density at radius 3 is 2.19 bits per heavy atom. The van der Waals surface area contributed by atoms with E-state index in [-0.39, 0.29) is 20.4 Å². The molecule has 0 spiro atoms. The zero-order valence-electron chi connectivity index (χ0n) is 16.6. The second kappa shape index (κ2) is 9.62. The van der Waals surface area contributed by atoms with Gasteiger partial charge in [-0.1, -0.05) is 59.5 Å². The number of hydrogen-bond acceptors (Lipinski definition) is 2. The minimum Gasteiger partial charge on any atom is -0.295 e. The van der Waals surface area contributed by atoms with Crippen molar-refractivity contribution < 1.29 is 20.4 Å². The fourth-order valence-electron chi connectivity index (χ4n) is 3.58. The van der Waals surface area contributed by atoms with Crippen LogP contribution in [-0.2, 0) is 20.4 Å². The fourth-order valence-corrected chi connectivity index (χ4v) is 3.58. The van der Waals surface area contributed by atoms with Gasteiger partial charge in [0.25, 0.3) is 0 Å². The van der Waals surface area contributed by atoms with Crippen molar-refractivity contribution in [2.75, 3.05) is 0 Å². The largest absolute Gasteiger partial charge is 2.00 e. The molecule has 0 N–H and O–H groups in total. The minimum atomic E-state index is 0. The summed E-state index contributed by atoms with van der Waals surface area (Å²) in [5, 5.41) is 2.35. The number of fused-ring (bicyclic) bond motifs is 1. The molecule has 0 fully saturated rings. The third-order valence-corrected chi connectivity index (χ3v) is 4.99. The number of pyridine rings is 2. The number of aromatic nitrogens is 2. The molecule has 3 heteroatoms. The van der Waals surface area contributed by atoms with Gasteiger partial charge in [0.1, 0.15) is 0 Å². The van der Waals surface area contributed by atoms with E-state index in [4.69, 9.17) is 0 Å². The average molecular weight is 489 g/mol. The maximum Gasteiger partial charge on any atom is 2.00 e.